The second-order valence-corrected chi connectivity index (χ2v) is 10.6. The van der Waals surface area contributed by atoms with E-state index in [-0.39, 0.29) is 43.9 Å². The number of fused-ring (bicyclic) bond motifs is 2. The molecule has 0 saturated carbocycles. The molecule has 3 amide bonds. The molecule has 9 heteroatoms. The van der Waals surface area contributed by atoms with Crippen molar-refractivity contribution in [1.82, 2.24) is 5.32 Å². The Balaban J connectivity index is 0.00000405. The summed E-state index contributed by atoms with van der Waals surface area (Å²) in [5.74, 6) is -2.32. The molecule has 1 aliphatic rings. The molecule has 42 heavy (non-hydrogen) atoms. The number of halogens is 1. The van der Waals surface area contributed by atoms with Gasteiger partial charge >= 0.3 is 0 Å². The number of aliphatic hydroxyl groups excluding tert-OH is 1. The van der Waals surface area contributed by atoms with Gasteiger partial charge in [0.2, 0.25) is 11.8 Å². The fraction of sp³-hybridized carbons (Fsp3) is 0.242. The zero-order chi connectivity index (χ0) is 29.3. The van der Waals surface area contributed by atoms with Gasteiger partial charge in [0.15, 0.2) is 0 Å². The highest BCUT2D eigenvalue weighted by Gasteiger charge is 2.48. The number of nitrogens with two attached hydrogens (primary N) is 1. The Bertz CT molecular complexity index is 1640. The van der Waals surface area contributed by atoms with Crippen molar-refractivity contribution in [1.29, 1.82) is 0 Å². The van der Waals surface area contributed by atoms with E-state index in [1.165, 1.54) is 0 Å². The van der Waals surface area contributed by atoms with Gasteiger partial charge in [-0.3, -0.25) is 14.4 Å². The van der Waals surface area contributed by atoms with Crippen LogP contribution in [0.3, 0.4) is 0 Å². The molecule has 0 fully saturated rings. The maximum Gasteiger partial charge on any atom is 0.258 e. The molecule has 1 heterocycles. The predicted molar refractivity (Wildman–Crippen MR) is 168 cm³/mol. The Morgan fingerprint density at radius 2 is 1.62 bits per heavy atom. The van der Waals surface area contributed by atoms with Crippen LogP contribution in [0.1, 0.15) is 34.0 Å². The van der Waals surface area contributed by atoms with Crippen LogP contribution < -0.4 is 20.9 Å². The predicted octanol–water partition coefficient (Wildman–Crippen LogP) is 4.34. The summed E-state index contributed by atoms with van der Waals surface area (Å²) in [5.41, 5.74) is 8.66. The number of amides is 3. The quantitative estimate of drug-likeness (QED) is 0.298. The van der Waals surface area contributed by atoms with Crippen LogP contribution in [0.25, 0.3) is 10.8 Å². The first-order valence-electron chi connectivity index (χ1n) is 13.6. The number of likely N-dealkylation sites (N-methyl/N-ethyl adjacent to an activating group) is 1. The molecule has 1 aliphatic heterocycles. The number of benzene rings is 4. The Morgan fingerprint density at radius 3 is 2.26 bits per heavy atom. The summed E-state index contributed by atoms with van der Waals surface area (Å²) in [4.78, 5) is 44.7. The molecule has 4 aromatic carbocycles. The van der Waals surface area contributed by atoms with E-state index in [9.17, 15) is 19.5 Å². The average Bonchev–Trinajstić information content (AvgIpc) is 3.12. The first-order chi connectivity index (χ1) is 19.7. The van der Waals surface area contributed by atoms with E-state index in [1.54, 1.807) is 48.0 Å². The van der Waals surface area contributed by atoms with E-state index in [4.69, 9.17) is 5.73 Å². The van der Waals surface area contributed by atoms with Crippen LogP contribution in [-0.4, -0.2) is 42.0 Å². The van der Waals surface area contributed by atoms with Crippen LogP contribution in [-0.2, 0) is 22.7 Å². The molecule has 0 aromatic heterocycles. The standard InChI is InChI=1S/C33H34N4O4.ClH/c1-21-12-15-23-8-4-5-9-25(23)26(21)18-36-28-10-6-7-11-29(28)37(30(39)24-16-13-22(20-38)14-17-24)19-27(31(36)40)33(2,35-3)32(34)41;/h4-17,27,35,38H,18-20H2,1-3H3,(H2,34,41);1H/t27-,33?;/m1./s1. The fourth-order valence-corrected chi connectivity index (χ4v) is 5.56. The molecule has 0 bridgehead atoms. The van der Waals surface area contributed by atoms with Crippen LogP contribution in [0.5, 0.6) is 0 Å². The van der Waals surface area contributed by atoms with Gasteiger partial charge in [-0.1, -0.05) is 60.7 Å². The third-order valence-electron chi connectivity index (χ3n) is 8.34. The van der Waals surface area contributed by atoms with Gasteiger partial charge in [0.1, 0.15) is 5.54 Å². The molecule has 4 aromatic rings. The summed E-state index contributed by atoms with van der Waals surface area (Å²) in [6.07, 6.45) is 0. The Hall–Kier alpha value is -4.24. The maximum atomic E-state index is 14.6. The lowest BCUT2D eigenvalue weighted by molar-refractivity contribution is -0.133. The summed E-state index contributed by atoms with van der Waals surface area (Å²) in [5, 5.41) is 14.5. The van der Waals surface area contributed by atoms with Crippen LogP contribution in [0.15, 0.2) is 84.9 Å². The van der Waals surface area contributed by atoms with E-state index in [2.05, 4.69) is 11.4 Å². The van der Waals surface area contributed by atoms with E-state index in [1.807, 2.05) is 61.5 Å². The molecular formula is C33H35ClN4O4. The van der Waals surface area contributed by atoms with Gasteiger partial charge in [-0.2, -0.15) is 0 Å². The minimum absolute atomic E-state index is 0. The van der Waals surface area contributed by atoms with E-state index in [0.29, 0.717) is 22.5 Å². The number of anilines is 2. The highest BCUT2D eigenvalue weighted by atomic mass is 35.5. The van der Waals surface area contributed by atoms with Crippen molar-refractivity contribution in [3.8, 4) is 0 Å². The molecule has 0 spiro atoms. The minimum Gasteiger partial charge on any atom is -0.392 e. The third kappa shape index (κ3) is 5.36. The van der Waals surface area contributed by atoms with Gasteiger partial charge in [-0.05, 0) is 72.6 Å². The second kappa shape index (κ2) is 12.3. The summed E-state index contributed by atoms with van der Waals surface area (Å²) in [7, 11) is 1.59. The van der Waals surface area contributed by atoms with Crippen molar-refractivity contribution in [2.75, 3.05) is 23.4 Å². The molecule has 218 valence electrons. The van der Waals surface area contributed by atoms with Gasteiger partial charge in [0.25, 0.3) is 5.91 Å². The van der Waals surface area contributed by atoms with Crippen LogP contribution in [0.4, 0.5) is 11.4 Å². The highest BCUT2D eigenvalue weighted by molar-refractivity contribution is 6.12. The number of carbonyl (C=O) groups excluding carboxylic acids is 3. The molecule has 2 atom stereocenters. The second-order valence-electron chi connectivity index (χ2n) is 10.6. The largest absolute Gasteiger partial charge is 0.392 e. The third-order valence-corrected chi connectivity index (χ3v) is 8.34. The number of nitrogens with one attached hydrogen (secondary N) is 1. The van der Waals surface area contributed by atoms with Gasteiger partial charge in [-0.15, -0.1) is 12.4 Å². The lowest BCUT2D eigenvalue weighted by Gasteiger charge is -2.36. The van der Waals surface area contributed by atoms with Crippen LogP contribution >= 0.6 is 12.4 Å². The maximum absolute atomic E-state index is 14.6. The molecule has 0 radical (unpaired) electrons. The van der Waals surface area contributed by atoms with Gasteiger partial charge < -0.3 is 26.0 Å². The fourth-order valence-electron chi connectivity index (χ4n) is 5.56. The number of aliphatic hydroxyl groups is 1. The number of hydrogen-bond acceptors (Lipinski definition) is 5. The zero-order valence-corrected chi connectivity index (χ0v) is 24.7. The summed E-state index contributed by atoms with van der Waals surface area (Å²) >= 11 is 0. The van der Waals surface area contributed by atoms with Crippen molar-refractivity contribution in [3.63, 3.8) is 0 Å². The van der Waals surface area contributed by atoms with E-state index in [0.717, 1.165) is 21.9 Å². The van der Waals surface area contributed by atoms with Crippen LogP contribution in [0.2, 0.25) is 0 Å². The van der Waals surface area contributed by atoms with Gasteiger partial charge in [-0.25, -0.2) is 0 Å². The van der Waals surface area contributed by atoms with Crippen LogP contribution in [0, 0.1) is 12.8 Å². The lowest BCUT2D eigenvalue weighted by Crippen LogP contribution is -2.63. The number of hydrogen-bond donors (Lipinski definition) is 3. The number of nitrogens with zero attached hydrogens (tertiary/aromatic N) is 2. The number of aryl methyl sites for hydroxylation is 1. The average molecular weight is 587 g/mol. The van der Waals surface area contributed by atoms with Crippen molar-refractivity contribution in [2.24, 2.45) is 11.7 Å². The van der Waals surface area contributed by atoms with Gasteiger partial charge in [0.05, 0.1) is 30.4 Å². The highest BCUT2D eigenvalue weighted by Crippen LogP contribution is 2.39. The first-order valence-corrected chi connectivity index (χ1v) is 13.6. The number of rotatable bonds is 7. The molecule has 0 saturated heterocycles. The topological polar surface area (TPSA) is 116 Å². The normalized spacial score (nSPS) is 16.3. The Morgan fingerprint density at radius 1 is 0.976 bits per heavy atom. The summed E-state index contributed by atoms with van der Waals surface area (Å²) in [6.45, 7) is 3.65. The molecule has 0 aliphatic carbocycles. The van der Waals surface area contributed by atoms with E-state index >= 15 is 0 Å². The number of para-hydroxylation sites is 2. The van der Waals surface area contributed by atoms with Crippen molar-refractivity contribution in [3.05, 3.63) is 107 Å². The Labute approximate surface area is 251 Å². The number of primary amides is 1. The molecule has 1 unspecified atom stereocenters. The molecule has 8 nitrogen and oxygen atoms in total. The van der Waals surface area contributed by atoms with E-state index < -0.39 is 17.4 Å². The monoisotopic (exact) mass is 586 g/mol. The summed E-state index contributed by atoms with van der Waals surface area (Å²) < 4.78 is 0. The zero-order valence-electron chi connectivity index (χ0n) is 23.8. The molecule has 5 rings (SSSR count). The van der Waals surface area contributed by atoms with Crippen molar-refractivity contribution < 1.29 is 19.5 Å². The number of carbonyl (C=O) groups is 3. The Kier molecular flexibility index (Phi) is 9.01. The first kappa shape index (κ1) is 30.7. The van der Waals surface area contributed by atoms with Gasteiger partial charge in [0, 0.05) is 12.1 Å². The SMILES string of the molecule is CNC(C)(C(N)=O)[C@@H]1CN(C(=O)c2ccc(CO)cc2)c2ccccc2N(Cc2c(C)ccc3ccccc23)C1=O.Cl. The molecular weight excluding hydrogens is 552 g/mol. The minimum atomic E-state index is -1.44. The smallest absolute Gasteiger partial charge is 0.258 e. The molecule has 4 N–H and O–H groups in total. The lowest BCUT2D eigenvalue weighted by atomic mass is 9.83. The van der Waals surface area contributed by atoms with Crippen molar-refractivity contribution >= 4 is 52.3 Å². The van der Waals surface area contributed by atoms with Crippen molar-refractivity contribution in [2.45, 2.75) is 32.5 Å². The summed E-state index contributed by atoms with van der Waals surface area (Å²) in [6, 6.07) is 26.1.